The third-order valence-corrected chi connectivity index (χ3v) is 4.88. The molecule has 0 spiro atoms. The largest absolute Gasteiger partial charge is 0.419 e. The number of aromatic nitrogens is 2. The van der Waals surface area contributed by atoms with E-state index in [0.29, 0.717) is 5.89 Å². The Kier molecular flexibility index (Phi) is 2.86. The number of nitrogens with zero attached hydrogens (tertiary/aromatic N) is 3. The van der Waals surface area contributed by atoms with Crippen LogP contribution in [0.5, 0.6) is 0 Å². The van der Waals surface area contributed by atoms with Gasteiger partial charge in [0.25, 0.3) is 5.89 Å². The number of rotatable bonds is 3. The minimum atomic E-state index is 0.644. The van der Waals surface area contributed by atoms with Crippen molar-refractivity contribution < 1.29 is 4.42 Å². The van der Waals surface area contributed by atoms with E-state index in [4.69, 9.17) is 4.42 Å². The predicted octanol–water partition coefficient (Wildman–Crippen LogP) is 1.45. The number of likely N-dealkylation sites (tertiary alicyclic amines) is 1. The van der Waals surface area contributed by atoms with Crippen molar-refractivity contribution in [3.8, 4) is 10.8 Å². The van der Waals surface area contributed by atoms with E-state index in [1.807, 2.05) is 17.5 Å². The SMILES string of the molecule is c1csc(-c2nnc(CN3C[C@H]4CNC[C@H]4C3)o2)c1. The first-order valence-corrected chi connectivity index (χ1v) is 7.56. The second-order valence-corrected chi connectivity index (χ2v) is 6.30. The fourth-order valence-corrected chi connectivity index (χ4v) is 3.73. The van der Waals surface area contributed by atoms with Crippen molar-refractivity contribution in [2.75, 3.05) is 26.2 Å². The second-order valence-electron chi connectivity index (χ2n) is 5.35. The molecule has 19 heavy (non-hydrogen) atoms. The van der Waals surface area contributed by atoms with Crippen LogP contribution in [0.15, 0.2) is 21.9 Å². The summed E-state index contributed by atoms with van der Waals surface area (Å²) in [6.07, 6.45) is 0. The second kappa shape index (κ2) is 4.70. The number of nitrogens with one attached hydrogen (secondary N) is 1. The predicted molar refractivity (Wildman–Crippen MR) is 72.7 cm³/mol. The van der Waals surface area contributed by atoms with Crippen LogP contribution in [0.2, 0.25) is 0 Å². The normalized spacial score (nSPS) is 26.9. The van der Waals surface area contributed by atoms with E-state index in [-0.39, 0.29) is 0 Å². The summed E-state index contributed by atoms with van der Waals surface area (Å²) in [7, 11) is 0. The molecule has 0 radical (unpaired) electrons. The van der Waals surface area contributed by atoms with Crippen LogP contribution in [0.1, 0.15) is 5.89 Å². The molecule has 6 heteroatoms. The molecule has 4 heterocycles. The third kappa shape index (κ3) is 2.20. The lowest BCUT2D eigenvalue weighted by Gasteiger charge is -2.13. The Hall–Kier alpha value is -1.24. The maximum absolute atomic E-state index is 5.74. The van der Waals surface area contributed by atoms with Gasteiger partial charge < -0.3 is 9.73 Å². The molecule has 100 valence electrons. The molecular formula is C13H16N4OS. The van der Waals surface area contributed by atoms with Crippen LogP contribution in [0.4, 0.5) is 0 Å². The van der Waals surface area contributed by atoms with Gasteiger partial charge in [-0.05, 0) is 36.4 Å². The molecule has 2 aromatic heterocycles. The molecule has 2 aliphatic heterocycles. The van der Waals surface area contributed by atoms with E-state index in [1.165, 1.54) is 0 Å². The van der Waals surface area contributed by atoms with Crippen LogP contribution < -0.4 is 5.32 Å². The Labute approximate surface area is 115 Å². The molecule has 0 aliphatic carbocycles. The molecule has 2 atom stereocenters. The topological polar surface area (TPSA) is 54.2 Å². The van der Waals surface area contributed by atoms with Gasteiger partial charge in [0.05, 0.1) is 11.4 Å². The van der Waals surface area contributed by atoms with Gasteiger partial charge in [0, 0.05) is 13.1 Å². The van der Waals surface area contributed by atoms with E-state index in [1.54, 1.807) is 11.3 Å². The van der Waals surface area contributed by atoms with Gasteiger partial charge in [-0.15, -0.1) is 21.5 Å². The summed E-state index contributed by atoms with van der Waals surface area (Å²) in [6.45, 7) is 5.39. The van der Waals surface area contributed by atoms with Gasteiger partial charge in [-0.1, -0.05) is 6.07 Å². The van der Waals surface area contributed by atoms with Crippen molar-refractivity contribution in [2.24, 2.45) is 11.8 Å². The first kappa shape index (κ1) is 11.6. The van der Waals surface area contributed by atoms with Crippen LogP contribution in [0, 0.1) is 11.8 Å². The molecule has 0 bridgehead atoms. The van der Waals surface area contributed by atoms with E-state index >= 15 is 0 Å². The molecule has 0 amide bonds. The monoisotopic (exact) mass is 276 g/mol. The van der Waals surface area contributed by atoms with Crippen molar-refractivity contribution >= 4 is 11.3 Å². The van der Waals surface area contributed by atoms with Crippen LogP contribution in [-0.4, -0.2) is 41.3 Å². The highest BCUT2D eigenvalue weighted by Crippen LogP contribution is 2.28. The first-order chi connectivity index (χ1) is 9.38. The fraction of sp³-hybridized carbons (Fsp3) is 0.538. The Morgan fingerprint density at radius 1 is 1.32 bits per heavy atom. The Balaban J connectivity index is 1.44. The van der Waals surface area contributed by atoms with Gasteiger partial charge >= 0.3 is 0 Å². The Morgan fingerprint density at radius 3 is 2.89 bits per heavy atom. The van der Waals surface area contributed by atoms with E-state index in [0.717, 1.165) is 55.3 Å². The highest BCUT2D eigenvalue weighted by Gasteiger charge is 2.36. The zero-order valence-electron chi connectivity index (χ0n) is 10.6. The smallest absolute Gasteiger partial charge is 0.257 e. The molecule has 1 N–H and O–H groups in total. The van der Waals surface area contributed by atoms with Crippen LogP contribution in [0.3, 0.4) is 0 Å². The van der Waals surface area contributed by atoms with E-state index in [9.17, 15) is 0 Å². The minimum Gasteiger partial charge on any atom is -0.419 e. The Morgan fingerprint density at radius 2 is 2.16 bits per heavy atom. The number of hydrogen-bond donors (Lipinski definition) is 1. The molecule has 2 saturated heterocycles. The summed E-state index contributed by atoms with van der Waals surface area (Å²) in [4.78, 5) is 3.48. The van der Waals surface area contributed by atoms with Crippen molar-refractivity contribution in [1.29, 1.82) is 0 Å². The molecule has 0 unspecified atom stereocenters. The maximum atomic E-state index is 5.74. The minimum absolute atomic E-state index is 0.644. The summed E-state index contributed by atoms with van der Waals surface area (Å²) < 4.78 is 5.74. The van der Waals surface area contributed by atoms with E-state index < -0.39 is 0 Å². The summed E-state index contributed by atoms with van der Waals surface area (Å²) >= 11 is 1.63. The van der Waals surface area contributed by atoms with Gasteiger partial charge in [-0.25, -0.2) is 0 Å². The van der Waals surface area contributed by atoms with Gasteiger partial charge in [-0.2, -0.15) is 0 Å². The summed E-state index contributed by atoms with van der Waals surface area (Å²) in [5.41, 5.74) is 0. The van der Waals surface area contributed by atoms with Crippen molar-refractivity contribution in [2.45, 2.75) is 6.54 Å². The highest BCUT2D eigenvalue weighted by molar-refractivity contribution is 7.13. The van der Waals surface area contributed by atoms with Gasteiger partial charge in [0.15, 0.2) is 0 Å². The lowest BCUT2D eigenvalue weighted by molar-refractivity contribution is 0.273. The number of hydrogen-bond acceptors (Lipinski definition) is 6. The zero-order chi connectivity index (χ0) is 12.7. The van der Waals surface area contributed by atoms with Crippen LogP contribution in [-0.2, 0) is 6.54 Å². The lowest BCUT2D eigenvalue weighted by atomic mass is 10.0. The number of fused-ring (bicyclic) bond motifs is 1. The first-order valence-electron chi connectivity index (χ1n) is 6.68. The van der Waals surface area contributed by atoms with Gasteiger partial charge in [-0.3, -0.25) is 4.90 Å². The van der Waals surface area contributed by atoms with E-state index in [2.05, 4.69) is 20.4 Å². The average molecular weight is 276 g/mol. The maximum Gasteiger partial charge on any atom is 0.257 e. The summed E-state index contributed by atoms with van der Waals surface area (Å²) in [6, 6.07) is 4.01. The summed E-state index contributed by atoms with van der Waals surface area (Å²) in [5, 5.41) is 13.8. The van der Waals surface area contributed by atoms with Crippen molar-refractivity contribution in [3.63, 3.8) is 0 Å². The average Bonchev–Trinajstić information content (AvgIpc) is 3.12. The lowest BCUT2D eigenvalue weighted by Crippen LogP contribution is -2.25. The molecule has 0 saturated carbocycles. The standard InChI is InChI=1S/C13H16N4OS/c1-2-11(19-3-1)13-16-15-12(18-13)8-17-6-9-4-14-5-10(9)7-17/h1-3,9-10,14H,4-8H2/t9-,10+. The number of thiophene rings is 1. The van der Waals surface area contributed by atoms with Gasteiger partial charge in [0.1, 0.15) is 0 Å². The molecule has 4 rings (SSSR count). The third-order valence-electron chi connectivity index (χ3n) is 4.02. The molecule has 2 aromatic rings. The van der Waals surface area contributed by atoms with Crippen LogP contribution >= 0.6 is 11.3 Å². The molecule has 2 fully saturated rings. The summed E-state index contributed by atoms with van der Waals surface area (Å²) in [5.74, 6) is 2.99. The molecule has 2 aliphatic rings. The van der Waals surface area contributed by atoms with Gasteiger partial charge in [0.2, 0.25) is 5.89 Å². The Bertz CT molecular complexity index is 541. The molecule has 0 aromatic carbocycles. The highest BCUT2D eigenvalue weighted by atomic mass is 32.1. The molecule has 5 nitrogen and oxygen atoms in total. The molecular weight excluding hydrogens is 260 g/mol. The quantitative estimate of drug-likeness (QED) is 0.919. The van der Waals surface area contributed by atoms with Crippen molar-refractivity contribution in [1.82, 2.24) is 20.4 Å². The fourth-order valence-electron chi connectivity index (χ4n) is 3.09. The van der Waals surface area contributed by atoms with Crippen LogP contribution in [0.25, 0.3) is 10.8 Å². The zero-order valence-corrected chi connectivity index (χ0v) is 11.4. The van der Waals surface area contributed by atoms with Crippen molar-refractivity contribution in [3.05, 3.63) is 23.4 Å².